The Labute approximate surface area is 60.9 Å². The zero-order chi connectivity index (χ0) is 7.44. The summed E-state index contributed by atoms with van der Waals surface area (Å²) in [4.78, 5) is 14.3. The Morgan fingerprint density at radius 1 is 1.60 bits per heavy atom. The van der Waals surface area contributed by atoms with Crippen molar-refractivity contribution in [2.75, 3.05) is 0 Å². The van der Waals surface area contributed by atoms with E-state index in [1.807, 2.05) is 0 Å². The van der Waals surface area contributed by atoms with E-state index in [-0.39, 0.29) is 13.3 Å². The van der Waals surface area contributed by atoms with Crippen LogP contribution in [0.1, 0.15) is 21.3 Å². The number of hydrogen-bond donors (Lipinski definition) is 2. The van der Waals surface area contributed by atoms with E-state index in [9.17, 15) is 4.79 Å². The predicted molar refractivity (Wildman–Crippen MR) is 38.3 cm³/mol. The quantitative estimate of drug-likeness (QED) is 0.577. The number of aliphatic carboxylic acids is 1. The SMILES string of the molecule is C.CC(C)C(ON)C(=O)O. The summed E-state index contributed by atoms with van der Waals surface area (Å²) in [7, 11) is 0. The van der Waals surface area contributed by atoms with Crippen molar-refractivity contribution in [1.29, 1.82) is 0 Å². The molecule has 0 radical (unpaired) electrons. The van der Waals surface area contributed by atoms with Gasteiger partial charge in [0, 0.05) is 0 Å². The maximum absolute atomic E-state index is 10.2. The molecule has 0 saturated heterocycles. The second kappa shape index (κ2) is 5.20. The summed E-state index contributed by atoms with van der Waals surface area (Å²) in [5.74, 6) is 3.58. The molecule has 0 rings (SSSR count). The Morgan fingerprint density at radius 2 is 2.00 bits per heavy atom. The molecule has 0 amide bonds. The lowest BCUT2D eigenvalue weighted by Gasteiger charge is -2.11. The molecule has 0 heterocycles. The van der Waals surface area contributed by atoms with Gasteiger partial charge in [-0.3, -0.25) is 4.84 Å². The van der Waals surface area contributed by atoms with Crippen molar-refractivity contribution in [3.05, 3.63) is 0 Å². The molecule has 0 bridgehead atoms. The van der Waals surface area contributed by atoms with Crippen molar-refractivity contribution in [1.82, 2.24) is 0 Å². The molecule has 62 valence electrons. The van der Waals surface area contributed by atoms with Gasteiger partial charge in [0.15, 0.2) is 6.10 Å². The van der Waals surface area contributed by atoms with Gasteiger partial charge < -0.3 is 5.11 Å². The molecule has 1 unspecified atom stereocenters. The summed E-state index contributed by atoms with van der Waals surface area (Å²) >= 11 is 0. The summed E-state index contributed by atoms with van der Waals surface area (Å²) in [6.45, 7) is 3.46. The van der Waals surface area contributed by atoms with Crippen LogP contribution in [0, 0.1) is 5.92 Å². The molecule has 0 spiro atoms. The Kier molecular flexibility index (Phi) is 6.29. The molecule has 4 heteroatoms. The standard InChI is InChI=1S/C5H11NO3.CH4/c1-3(2)4(9-6)5(7)8;/h3-4H,6H2,1-2H3,(H,7,8);1H4. The van der Waals surface area contributed by atoms with E-state index >= 15 is 0 Å². The van der Waals surface area contributed by atoms with Crippen molar-refractivity contribution < 1.29 is 14.7 Å². The van der Waals surface area contributed by atoms with Crippen molar-refractivity contribution in [3.63, 3.8) is 0 Å². The second-order valence-electron chi connectivity index (χ2n) is 2.14. The number of carboxylic acids is 1. The summed E-state index contributed by atoms with van der Waals surface area (Å²) in [6.07, 6.45) is -0.884. The van der Waals surface area contributed by atoms with Crippen LogP contribution in [-0.4, -0.2) is 17.2 Å². The van der Waals surface area contributed by atoms with E-state index in [4.69, 9.17) is 11.0 Å². The minimum atomic E-state index is -1.02. The highest BCUT2D eigenvalue weighted by atomic mass is 16.6. The van der Waals surface area contributed by atoms with Crippen LogP contribution in [-0.2, 0) is 9.63 Å². The fourth-order valence-corrected chi connectivity index (χ4v) is 0.500. The number of carbonyl (C=O) groups is 1. The zero-order valence-corrected chi connectivity index (χ0v) is 5.50. The smallest absolute Gasteiger partial charge is 0.335 e. The van der Waals surface area contributed by atoms with Gasteiger partial charge >= 0.3 is 5.97 Å². The molecule has 0 aliphatic rings. The van der Waals surface area contributed by atoms with E-state index in [0.29, 0.717) is 0 Å². The first-order valence-electron chi connectivity index (χ1n) is 2.68. The number of hydrogen-bond acceptors (Lipinski definition) is 3. The van der Waals surface area contributed by atoms with Crippen molar-refractivity contribution in [3.8, 4) is 0 Å². The van der Waals surface area contributed by atoms with Crippen LogP contribution in [0.5, 0.6) is 0 Å². The molecule has 0 fully saturated rings. The number of nitrogens with two attached hydrogens (primary N) is 1. The maximum atomic E-state index is 10.2. The lowest BCUT2D eigenvalue weighted by molar-refractivity contribution is -0.153. The zero-order valence-electron chi connectivity index (χ0n) is 5.50. The van der Waals surface area contributed by atoms with Crippen molar-refractivity contribution in [2.45, 2.75) is 27.4 Å². The summed E-state index contributed by atoms with van der Waals surface area (Å²) in [5.41, 5.74) is 0. The third kappa shape index (κ3) is 3.42. The van der Waals surface area contributed by atoms with Gasteiger partial charge in [-0.05, 0) is 5.92 Å². The Hall–Kier alpha value is -0.610. The monoisotopic (exact) mass is 149 g/mol. The highest BCUT2D eigenvalue weighted by Crippen LogP contribution is 2.02. The van der Waals surface area contributed by atoms with Crippen LogP contribution in [0.25, 0.3) is 0 Å². The van der Waals surface area contributed by atoms with Gasteiger partial charge in [0.05, 0.1) is 0 Å². The minimum absolute atomic E-state index is 0. The van der Waals surface area contributed by atoms with Crippen LogP contribution >= 0.6 is 0 Å². The molecule has 0 aromatic carbocycles. The molecule has 10 heavy (non-hydrogen) atoms. The largest absolute Gasteiger partial charge is 0.479 e. The third-order valence-electron chi connectivity index (χ3n) is 0.996. The van der Waals surface area contributed by atoms with Crippen molar-refractivity contribution in [2.24, 2.45) is 11.8 Å². The van der Waals surface area contributed by atoms with E-state index in [2.05, 4.69) is 4.84 Å². The lowest BCUT2D eigenvalue weighted by Crippen LogP contribution is -2.31. The Bertz CT molecular complexity index is 103. The molecule has 3 N–H and O–H groups in total. The first-order valence-corrected chi connectivity index (χ1v) is 2.68. The first-order chi connectivity index (χ1) is 4.09. The highest BCUT2D eigenvalue weighted by molar-refractivity contribution is 5.72. The van der Waals surface area contributed by atoms with Gasteiger partial charge in [0.1, 0.15) is 0 Å². The molecule has 0 aliphatic heterocycles. The van der Waals surface area contributed by atoms with Gasteiger partial charge in [-0.25, -0.2) is 10.7 Å². The average molecular weight is 149 g/mol. The summed E-state index contributed by atoms with van der Waals surface area (Å²) < 4.78 is 0. The van der Waals surface area contributed by atoms with Gasteiger partial charge in [0.25, 0.3) is 0 Å². The van der Waals surface area contributed by atoms with E-state index in [1.165, 1.54) is 0 Å². The lowest BCUT2D eigenvalue weighted by atomic mass is 10.1. The molecule has 0 saturated carbocycles. The Morgan fingerprint density at radius 3 is 2.00 bits per heavy atom. The fraction of sp³-hybridized carbons (Fsp3) is 0.833. The predicted octanol–water partition coefficient (Wildman–Crippen LogP) is 0.622. The van der Waals surface area contributed by atoms with Crippen molar-refractivity contribution >= 4 is 5.97 Å². The third-order valence-corrected chi connectivity index (χ3v) is 0.996. The first kappa shape index (κ1) is 12.1. The normalized spacial score (nSPS) is 12.4. The number of rotatable bonds is 3. The second-order valence-corrected chi connectivity index (χ2v) is 2.14. The molecule has 0 aromatic heterocycles. The Balaban J connectivity index is 0. The van der Waals surface area contributed by atoms with Gasteiger partial charge in [-0.1, -0.05) is 21.3 Å². The fourth-order valence-electron chi connectivity index (χ4n) is 0.500. The van der Waals surface area contributed by atoms with Crippen LogP contribution in [0.2, 0.25) is 0 Å². The molecular weight excluding hydrogens is 134 g/mol. The van der Waals surface area contributed by atoms with Gasteiger partial charge in [-0.2, -0.15) is 0 Å². The molecule has 0 aliphatic carbocycles. The summed E-state index contributed by atoms with van der Waals surface area (Å²) in [6, 6.07) is 0. The average Bonchev–Trinajstić information content (AvgIpc) is 1.64. The number of carboxylic acid groups (broad SMARTS) is 1. The maximum Gasteiger partial charge on any atom is 0.335 e. The molecule has 0 aromatic rings. The molecule has 4 nitrogen and oxygen atoms in total. The van der Waals surface area contributed by atoms with E-state index < -0.39 is 12.1 Å². The molecular formula is C6H15NO3. The van der Waals surface area contributed by atoms with Gasteiger partial charge in [-0.15, -0.1) is 0 Å². The highest BCUT2D eigenvalue weighted by Gasteiger charge is 2.20. The topological polar surface area (TPSA) is 72.5 Å². The summed E-state index contributed by atoms with van der Waals surface area (Å²) in [5, 5.41) is 8.34. The van der Waals surface area contributed by atoms with E-state index in [0.717, 1.165) is 0 Å². The van der Waals surface area contributed by atoms with Crippen LogP contribution < -0.4 is 5.90 Å². The van der Waals surface area contributed by atoms with E-state index in [1.54, 1.807) is 13.8 Å². The van der Waals surface area contributed by atoms with Crippen LogP contribution in [0.15, 0.2) is 0 Å². The van der Waals surface area contributed by atoms with Crippen LogP contribution in [0.3, 0.4) is 0 Å². The van der Waals surface area contributed by atoms with Gasteiger partial charge in [0.2, 0.25) is 0 Å². The molecule has 1 atom stereocenters. The minimum Gasteiger partial charge on any atom is -0.479 e. The van der Waals surface area contributed by atoms with Crippen LogP contribution in [0.4, 0.5) is 0 Å².